The van der Waals surface area contributed by atoms with E-state index in [4.69, 9.17) is 9.47 Å². The third kappa shape index (κ3) is 8.21. The molecule has 0 amide bonds. The number of sulfone groups is 1. The minimum absolute atomic E-state index is 0. The fourth-order valence-electron chi connectivity index (χ4n) is 2.88. The Hall–Kier alpha value is -2.01. The van der Waals surface area contributed by atoms with Crippen LogP contribution in [0.25, 0.3) is 0 Å². The summed E-state index contributed by atoms with van der Waals surface area (Å²) in [6.45, 7) is 6.84. The zero-order valence-electron chi connectivity index (χ0n) is 18.4. The Bertz CT molecular complexity index is 937. The number of ether oxygens (including phenoxy) is 2. The molecule has 9 heteroatoms. The highest BCUT2D eigenvalue weighted by Crippen LogP contribution is 2.30. The van der Waals surface area contributed by atoms with Gasteiger partial charge in [0.2, 0.25) is 0 Å². The van der Waals surface area contributed by atoms with Crippen LogP contribution in [0.2, 0.25) is 0 Å². The van der Waals surface area contributed by atoms with E-state index in [1.807, 2.05) is 39.0 Å². The highest BCUT2D eigenvalue weighted by atomic mass is 127. The molecule has 0 aliphatic heterocycles. The molecule has 0 fully saturated rings. The van der Waals surface area contributed by atoms with Crippen molar-refractivity contribution in [3.63, 3.8) is 0 Å². The van der Waals surface area contributed by atoms with Gasteiger partial charge in [0.15, 0.2) is 27.3 Å². The fourth-order valence-corrected chi connectivity index (χ4v) is 4.50. The van der Waals surface area contributed by atoms with Gasteiger partial charge in [-0.25, -0.2) is 8.42 Å². The number of guanidine groups is 1. The van der Waals surface area contributed by atoms with Crippen LogP contribution in [0, 0.1) is 0 Å². The summed E-state index contributed by atoms with van der Waals surface area (Å²) in [7, 11) is -1.82. The molecule has 2 aromatic rings. The first-order chi connectivity index (χ1) is 14.4. The molecule has 7 nitrogen and oxygen atoms in total. The van der Waals surface area contributed by atoms with Crippen molar-refractivity contribution in [1.29, 1.82) is 0 Å². The van der Waals surface area contributed by atoms with Crippen molar-refractivity contribution in [2.24, 2.45) is 4.99 Å². The first-order valence-corrected chi connectivity index (χ1v) is 11.7. The number of rotatable bonds is 10. The molecule has 2 N–H and O–H groups in total. The average Bonchev–Trinajstić information content (AvgIpc) is 2.74. The van der Waals surface area contributed by atoms with Gasteiger partial charge in [-0.05, 0) is 44.5 Å². The van der Waals surface area contributed by atoms with E-state index < -0.39 is 9.84 Å². The summed E-state index contributed by atoms with van der Waals surface area (Å²) in [5.41, 5.74) is 0.764. The van der Waals surface area contributed by atoms with Crippen LogP contribution in [0.1, 0.15) is 27.2 Å². The number of hydrogen-bond donors (Lipinski definition) is 2. The fraction of sp³-hybridized carbons (Fsp3) is 0.409. The number of hydrogen-bond acceptors (Lipinski definition) is 5. The monoisotopic (exact) mass is 561 g/mol. The van der Waals surface area contributed by atoms with Gasteiger partial charge in [0.05, 0.1) is 24.4 Å². The predicted octanol–water partition coefficient (Wildman–Crippen LogP) is 4.34. The number of nitrogens with one attached hydrogen (secondary N) is 2. The Balaban J connectivity index is 0.00000480. The van der Waals surface area contributed by atoms with E-state index in [0.717, 1.165) is 5.69 Å². The highest BCUT2D eigenvalue weighted by molar-refractivity contribution is 14.0. The van der Waals surface area contributed by atoms with Crippen molar-refractivity contribution in [2.75, 3.05) is 31.3 Å². The van der Waals surface area contributed by atoms with Crippen LogP contribution in [0.3, 0.4) is 0 Å². The molecule has 0 aliphatic carbocycles. The maximum atomic E-state index is 12.8. The second kappa shape index (κ2) is 13.4. The Morgan fingerprint density at radius 1 is 1.06 bits per heavy atom. The molecule has 0 aromatic heterocycles. The van der Waals surface area contributed by atoms with Gasteiger partial charge in [-0.1, -0.05) is 25.1 Å². The topological polar surface area (TPSA) is 89.0 Å². The van der Waals surface area contributed by atoms with Crippen LogP contribution in [0.5, 0.6) is 11.5 Å². The van der Waals surface area contributed by atoms with Gasteiger partial charge < -0.3 is 20.1 Å². The molecule has 31 heavy (non-hydrogen) atoms. The molecule has 0 saturated heterocycles. The number of halogens is 1. The van der Waals surface area contributed by atoms with Crippen molar-refractivity contribution >= 4 is 45.5 Å². The molecule has 0 spiro atoms. The lowest BCUT2D eigenvalue weighted by Gasteiger charge is -2.21. The summed E-state index contributed by atoms with van der Waals surface area (Å²) in [5.74, 6) is 1.76. The molecule has 0 heterocycles. The summed E-state index contributed by atoms with van der Waals surface area (Å²) in [6.07, 6.45) is 0.628. The third-order valence-corrected chi connectivity index (χ3v) is 6.23. The number of nitrogens with zero attached hydrogens (tertiary/aromatic N) is 1. The summed E-state index contributed by atoms with van der Waals surface area (Å²) in [5, 5.41) is 6.48. The van der Waals surface area contributed by atoms with Crippen LogP contribution in [0.4, 0.5) is 5.69 Å². The van der Waals surface area contributed by atoms with Gasteiger partial charge in [0.25, 0.3) is 0 Å². The number of methoxy groups -OCH3 is 1. The molecular weight excluding hydrogens is 529 g/mol. The maximum Gasteiger partial charge on any atom is 0.196 e. The summed E-state index contributed by atoms with van der Waals surface area (Å²) in [4.78, 5) is 4.78. The van der Waals surface area contributed by atoms with Gasteiger partial charge in [-0.3, -0.25) is 4.99 Å². The molecule has 2 rings (SSSR count). The second-order valence-electron chi connectivity index (χ2n) is 6.59. The van der Waals surface area contributed by atoms with Crippen molar-refractivity contribution in [3.8, 4) is 11.5 Å². The molecule has 0 bridgehead atoms. The zero-order valence-corrected chi connectivity index (χ0v) is 21.6. The lowest BCUT2D eigenvalue weighted by atomic mass is 10.2. The van der Waals surface area contributed by atoms with Crippen molar-refractivity contribution in [3.05, 3.63) is 48.5 Å². The van der Waals surface area contributed by atoms with Crippen molar-refractivity contribution < 1.29 is 17.9 Å². The van der Waals surface area contributed by atoms with Gasteiger partial charge in [-0.15, -0.1) is 24.0 Å². The van der Waals surface area contributed by atoms with E-state index in [1.54, 1.807) is 37.4 Å². The van der Waals surface area contributed by atoms with Crippen LogP contribution >= 0.6 is 24.0 Å². The van der Waals surface area contributed by atoms with Crippen LogP contribution < -0.4 is 20.1 Å². The Labute approximate surface area is 202 Å². The normalized spacial score (nSPS) is 12.5. The first-order valence-electron chi connectivity index (χ1n) is 10.1. The van der Waals surface area contributed by atoms with Gasteiger partial charge in [0.1, 0.15) is 0 Å². The van der Waals surface area contributed by atoms with E-state index in [0.29, 0.717) is 41.9 Å². The van der Waals surface area contributed by atoms with Crippen LogP contribution in [-0.4, -0.2) is 46.4 Å². The highest BCUT2D eigenvalue weighted by Gasteiger charge is 2.21. The summed E-state index contributed by atoms with van der Waals surface area (Å²) >= 11 is 0. The molecular formula is C22H32IN3O4S. The van der Waals surface area contributed by atoms with Gasteiger partial charge >= 0.3 is 0 Å². The van der Waals surface area contributed by atoms with E-state index in [1.165, 1.54) is 0 Å². The molecule has 1 atom stereocenters. The minimum Gasteiger partial charge on any atom is -0.493 e. The number of anilines is 1. The first kappa shape index (κ1) is 27.0. The van der Waals surface area contributed by atoms with E-state index in [9.17, 15) is 8.42 Å². The van der Waals surface area contributed by atoms with Crippen molar-refractivity contribution in [1.82, 2.24) is 5.32 Å². The predicted molar refractivity (Wildman–Crippen MR) is 137 cm³/mol. The van der Waals surface area contributed by atoms with Crippen LogP contribution in [-0.2, 0) is 9.84 Å². The Morgan fingerprint density at radius 2 is 1.77 bits per heavy atom. The smallest absolute Gasteiger partial charge is 0.196 e. The quantitative estimate of drug-likeness (QED) is 0.255. The second-order valence-corrected chi connectivity index (χ2v) is 8.62. The summed E-state index contributed by atoms with van der Waals surface area (Å²) < 4.78 is 36.5. The Morgan fingerprint density at radius 3 is 2.35 bits per heavy atom. The SMILES string of the molecule is CCN=C(Nc1ccc(OC)c(OCC)c1)NC(CC)CS(=O)(=O)c1ccccc1.I. The molecule has 0 radical (unpaired) electrons. The number of benzene rings is 2. The standard InChI is InChI=1S/C22H31N3O4S.HI/c1-5-17(16-30(26,27)19-11-9-8-10-12-19)24-22(23-6-2)25-18-13-14-20(28-4)21(15-18)29-7-3;/h8-15,17H,5-7,16H2,1-4H3,(H2,23,24,25);1H. The maximum absolute atomic E-state index is 12.8. The number of aliphatic imine (C=N–C) groups is 1. The largest absolute Gasteiger partial charge is 0.493 e. The van der Waals surface area contributed by atoms with E-state index in [2.05, 4.69) is 15.6 Å². The van der Waals surface area contributed by atoms with Gasteiger partial charge in [0, 0.05) is 24.3 Å². The van der Waals surface area contributed by atoms with Crippen molar-refractivity contribution in [2.45, 2.75) is 38.1 Å². The lowest BCUT2D eigenvalue weighted by Crippen LogP contribution is -2.42. The van der Waals surface area contributed by atoms with E-state index in [-0.39, 0.29) is 35.8 Å². The van der Waals surface area contributed by atoms with Gasteiger partial charge in [-0.2, -0.15) is 0 Å². The van der Waals surface area contributed by atoms with E-state index >= 15 is 0 Å². The zero-order chi connectivity index (χ0) is 22.0. The molecule has 1 unspecified atom stereocenters. The van der Waals surface area contributed by atoms with Crippen LogP contribution in [0.15, 0.2) is 58.4 Å². The summed E-state index contributed by atoms with van der Waals surface area (Å²) in [6, 6.07) is 13.7. The molecule has 0 saturated carbocycles. The molecule has 2 aromatic carbocycles. The molecule has 0 aliphatic rings. The lowest BCUT2D eigenvalue weighted by molar-refractivity contribution is 0.311. The molecule has 172 valence electrons. The minimum atomic E-state index is -3.41. The average molecular weight is 561 g/mol. The third-order valence-electron chi connectivity index (χ3n) is 4.40. The Kier molecular flexibility index (Phi) is 11.7.